The molecular formula is C14H22N2O2S. The second kappa shape index (κ2) is 6.03. The summed E-state index contributed by atoms with van der Waals surface area (Å²) in [5.74, 6) is 0.590. The molecular weight excluding hydrogens is 260 g/mol. The summed E-state index contributed by atoms with van der Waals surface area (Å²) in [6.45, 7) is 4.24. The third-order valence-corrected chi connectivity index (χ3v) is 5.35. The van der Waals surface area contributed by atoms with Crippen LogP contribution in [0.2, 0.25) is 0 Å². The van der Waals surface area contributed by atoms with E-state index in [1.807, 2.05) is 31.3 Å². The molecule has 1 fully saturated rings. The van der Waals surface area contributed by atoms with Crippen molar-refractivity contribution in [1.29, 1.82) is 0 Å². The maximum Gasteiger partial charge on any atom is 0.218 e. The SMILES string of the molecule is CNCc1ccc(CS(=O)(=O)N2CCC(C)C2)cc1. The Morgan fingerprint density at radius 2 is 1.89 bits per heavy atom. The van der Waals surface area contributed by atoms with Gasteiger partial charge in [0, 0.05) is 19.6 Å². The summed E-state index contributed by atoms with van der Waals surface area (Å²) >= 11 is 0. The zero-order chi connectivity index (χ0) is 13.9. The Morgan fingerprint density at radius 3 is 2.42 bits per heavy atom. The summed E-state index contributed by atoms with van der Waals surface area (Å²) in [6, 6.07) is 7.77. The molecule has 2 rings (SSSR count). The van der Waals surface area contributed by atoms with E-state index >= 15 is 0 Å². The summed E-state index contributed by atoms with van der Waals surface area (Å²) in [6.07, 6.45) is 0.973. The molecule has 1 saturated heterocycles. The van der Waals surface area contributed by atoms with Gasteiger partial charge in [-0.3, -0.25) is 0 Å². The largest absolute Gasteiger partial charge is 0.316 e. The Balaban J connectivity index is 2.03. The first kappa shape index (κ1) is 14.5. The zero-order valence-electron chi connectivity index (χ0n) is 11.6. The first-order valence-electron chi connectivity index (χ1n) is 6.71. The van der Waals surface area contributed by atoms with Gasteiger partial charge in [0.2, 0.25) is 10.0 Å². The standard InChI is InChI=1S/C14H22N2O2S/c1-12-7-8-16(10-12)19(17,18)11-14-5-3-13(4-6-14)9-15-2/h3-6,12,15H,7-11H2,1-2H3. The minimum Gasteiger partial charge on any atom is -0.316 e. The number of benzene rings is 1. The molecule has 0 bridgehead atoms. The molecule has 0 aromatic heterocycles. The number of rotatable bonds is 5. The van der Waals surface area contributed by atoms with Gasteiger partial charge in [-0.05, 0) is 30.5 Å². The van der Waals surface area contributed by atoms with Gasteiger partial charge in [-0.1, -0.05) is 31.2 Å². The third kappa shape index (κ3) is 3.78. The van der Waals surface area contributed by atoms with E-state index in [2.05, 4.69) is 12.2 Å². The maximum atomic E-state index is 12.3. The molecule has 1 N–H and O–H groups in total. The van der Waals surface area contributed by atoms with Crippen molar-refractivity contribution in [2.45, 2.75) is 25.6 Å². The normalized spacial score (nSPS) is 20.8. The van der Waals surface area contributed by atoms with Gasteiger partial charge >= 0.3 is 0 Å². The number of nitrogens with one attached hydrogen (secondary N) is 1. The van der Waals surface area contributed by atoms with Crippen LogP contribution in [0.4, 0.5) is 0 Å². The lowest BCUT2D eigenvalue weighted by atomic mass is 10.1. The molecule has 0 saturated carbocycles. The van der Waals surface area contributed by atoms with Gasteiger partial charge < -0.3 is 5.32 Å². The smallest absolute Gasteiger partial charge is 0.218 e. The third-order valence-electron chi connectivity index (χ3n) is 3.53. The molecule has 0 aliphatic carbocycles. The molecule has 4 nitrogen and oxygen atoms in total. The van der Waals surface area contributed by atoms with Crippen LogP contribution in [0.15, 0.2) is 24.3 Å². The fourth-order valence-corrected chi connectivity index (χ4v) is 4.07. The first-order chi connectivity index (χ1) is 9.01. The molecule has 1 atom stereocenters. The van der Waals surface area contributed by atoms with E-state index in [-0.39, 0.29) is 5.75 Å². The van der Waals surface area contributed by atoms with Gasteiger partial charge in [-0.15, -0.1) is 0 Å². The van der Waals surface area contributed by atoms with Crippen LogP contribution in [0.5, 0.6) is 0 Å². The van der Waals surface area contributed by atoms with Crippen molar-refractivity contribution in [1.82, 2.24) is 9.62 Å². The van der Waals surface area contributed by atoms with Crippen LogP contribution >= 0.6 is 0 Å². The van der Waals surface area contributed by atoms with Crippen molar-refractivity contribution in [2.75, 3.05) is 20.1 Å². The molecule has 0 amide bonds. The van der Waals surface area contributed by atoms with Gasteiger partial charge in [0.1, 0.15) is 0 Å². The quantitative estimate of drug-likeness (QED) is 0.892. The Hall–Kier alpha value is -0.910. The molecule has 1 aliphatic rings. The van der Waals surface area contributed by atoms with E-state index in [0.717, 1.165) is 18.5 Å². The number of hydrogen-bond acceptors (Lipinski definition) is 3. The summed E-state index contributed by atoms with van der Waals surface area (Å²) in [5, 5.41) is 3.07. The molecule has 1 heterocycles. The monoisotopic (exact) mass is 282 g/mol. The highest BCUT2D eigenvalue weighted by Crippen LogP contribution is 2.21. The van der Waals surface area contributed by atoms with Crippen molar-refractivity contribution in [2.24, 2.45) is 5.92 Å². The number of hydrogen-bond donors (Lipinski definition) is 1. The fraction of sp³-hybridized carbons (Fsp3) is 0.571. The van der Waals surface area contributed by atoms with Gasteiger partial charge in [0.25, 0.3) is 0 Å². The van der Waals surface area contributed by atoms with E-state index < -0.39 is 10.0 Å². The highest BCUT2D eigenvalue weighted by Gasteiger charge is 2.29. The van der Waals surface area contributed by atoms with E-state index in [4.69, 9.17) is 0 Å². The lowest BCUT2D eigenvalue weighted by Crippen LogP contribution is -2.29. The topological polar surface area (TPSA) is 49.4 Å². The predicted octanol–water partition coefficient (Wildman–Crippen LogP) is 1.58. The van der Waals surface area contributed by atoms with Crippen molar-refractivity contribution >= 4 is 10.0 Å². The lowest BCUT2D eigenvalue weighted by molar-refractivity contribution is 0.463. The Bertz CT molecular complexity index is 511. The minimum atomic E-state index is -3.15. The summed E-state index contributed by atoms with van der Waals surface area (Å²) in [5.41, 5.74) is 2.03. The van der Waals surface area contributed by atoms with Crippen LogP contribution in [0.25, 0.3) is 0 Å². The molecule has 106 valence electrons. The van der Waals surface area contributed by atoms with E-state index in [9.17, 15) is 8.42 Å². The average molecular weight is 282 g/mol. The number of sulfonamides is 1. The van der Waals surface area contributed by atoms with Crippen LogP contribution in [-0.2, 0) is 22.3 Å². The van der Waals surface area contributed by atoms with Crippen LogP contribution in [0.1, 0.15) is 24.5 Å². The van der Waals surface area contributed by atoms with Crippen molar-refractivity contribution < 1.29 is 8.42 Å². The number of nitrogens with zero attached hydrogens (tertiary/aromatic N) is 1. The Kier molecular flexibility index (Phi) is 4.60. The lowest BCUT2D eigenvalue weighted by Gasteiger charge is -2.16. The molecule has 1 aliphatic heterocycles. The second-order valence-corrected chi connectivity index (χ2v) is 7.32. The van der Waals surface area contributed by atoms with Gasteiger partial charge in [0.15, 0.2) is 0 Å². The minimum absolute atomic E-state index is 0.111. The van der Waals surface area contributed by atoms with Crippen molar-refractivity contribution in [3.8, 4) is 0 Å². The fourth-order valence-electron chi connectivity index (χ4n) is 2.41. The van der Waals surface area contributed by atoms with Gasteiger partial charge in [0.05, 0.1) is 5.75 Å². The predicted molar refractivity (Wildman–Crippen MR) is 77.2 cm³/mol. The van der Waals surface area contributed by atoms with Crippen LogP contribution < -0.4 is 5.32 Å². The van der Waals surface area contributed by atoms with Gasteiger partial charge in [-0.25, -0.2) is 12.7 Å². The Morgan fingerprint density at radius 1 is 1.26 bits per heavy atom. The molecule has 0 radical (unpaired) electrons. The van der Waals surface area contributed by atoms with Crippen LogP contribution in [0.3, 0.4) is 0 Å². The molecule has 19 heavy (non-hydrogen) atoms. The van der Waals surface area contributed by atoms with Gasteiger partial charge in [-0.2, -0.15) is 0 Å². The summed E-state index contributed by atoms with van der Waals surface area (Å²) in [7, 11) is -1.26. The maximum absolute atomic E-state index is 12.3. The highest BCUT2D eigenvalue weighted by atomic mass is 32.2. The van der Waals surface area contributed by atoms with Crippen LogP contribution in [0, 0.1) is 5.92 Å². The first-order valence-corrected chi connectivity index (χ1v) is 8.32. The highest BCUT2D eigenvalue weighted by molar-refractivity contribution is 7.88. The van der Waals surface area contributed by atoms with Crippen molar-refractivity contribution in [3.63, 3.8) is 0 Å². The van der Waals surface area contributed by atoms with E-state index in [1.54, 1.807) is 4.31 Å². The molecule has 1 unspecified atom stereocenters. The summed E-state index contributed by atoms with van der Waals surface area (Å²) in [4.78, 5) is 0. The average Bonchev–Trinajstić information content (AvgIpc) is 2.79. The molecule has 1 aromatic carbocycles. The summed E-state index contributed by atoms with van der Waals surface area (Å²) < 4.78 is 26.2. The zero-order valence-corrected chi connectivity index (χ0v) is 12.4. The molecule has 0 spiro atoms. The second-order valence-electron chi connectivity index (χ2n) is 5.35. The van der Waals surface area contributed by atoms with Crippen LogP contribution in [-0.4, -0.2) is 32.9 Å². The Labute approximate surface area is 115 Å². The van der Waals surface area contributed by atoms with E-state index in [0.29, 0.717) is 19.0 Å². The molecule has 5 heteroatoms. The van der Waals surface area contributed by atoms with Crippen molar-refractivity contribution in [3.05, 3.63) is 35.4 Å². The van der Waals surface area contributed by atoms with E-state index in [1.165, 1.54) is 5.56 Å². The molecule has 1 aromatic rings.